The number of amides is 1. The molecule has 1 saturated heterocycles. The number of aryl methyl sites for hydroxylation is 2. The predicted octanol–water partition coefficient (Wildman–Crippen LogP) is 0.579. The molecule has 2 heterocycles. The number of nitrogens with zero attached hydrogens (tertiary/aromatic N) is 3. The van der Waals surface area contributed by atoms with E-state index in [2.05, 4.69) is 18.9 Å². The van der Waals surface area contributed by atoms with Gasteiger partial charge in [-0.25, -0.2) is 0 Å². The Labute approximate surface area is 102 Å². The Morgan fingerprint density at radius 1 is 1.47 bits per heavy atom. The molecule has 0 aromatic carbocycles. The van der Waals surface area contributed by atoms with Gasteiger partial charge in [0.2, 0.25) is 5.91 Å². The lowest BCUT2D eigenvalue weighted by Gasteiger charge is -2.16. The number of hydrogen-bond donors (Lipinski definition) is 1. The highest BCUT2D eigenvalue weighted by Gasteiger charge is 2.28. The summed E-state index contributed by atoms with van der Waals surface area (Å²) in [5, 5.41) is 4.46. The van der Waals surface area contributed by atoms with Gasteiger partial charge in [0.15, 0.2) is 0 Å². The van der Waals surface area contributed by atoms with Crippen LogP contribution in [0.4, 0.5) is 0 Å². The Morgan fingerprint density at radius 2 is 2.18 bits per heavy atom. The first-order valence-electron chi connectivity index (χ1n) is 6.09. The van der Waals surface area contributed by atoms with Crippen molar-refractivity contribution in [1.82, 2.24) is 14.7 Å². The first-order valence-corrected chi connectivity index (χ1v) is 6.09. The molecule has 1 aliphatic heterocycles. The summed E-state index contributed by atoms with van der Waals surface area (Å²) in [5.74, 6) is 0.153. The Hall–Kier alpha value is -1.36. The summed E-state index contributed by atoms with van der Waals surface area (Å²) in [5.41, 5.74) is 9.12. The zero-order valence-electron chi connectivity index (χ0n) is 10.7. The van der Waals surface area contributed by atoms with Crippen molar-refractivity contribution in [3.63, 3.8) is 0 Å². The summed E-state index contributed by atoms with van der Waals surface area (Å²) in [6.07, 6.45) is 0.472. The highest BCUT2D eigenvalue weighted by molar-refractivity contribution is 5.79. The van der Waals surface area contributed by atoms with Gasteiger partial charge in [-0.1, -0.05) is 0 Å². The SMILES string of the molecule is CCn1nc(C)c(CN2CC(N)CC2=O)c1C. The van der Waals surface area contributed by atoms with Crippen molar-refractivity contribution in [3.8, 4) is 0 Å². The molecule has 0 aliphatic carbocycles. The third kappa shape index (κ3) is 2.20. The summed E-state index contributed by atoms with van der Waals surface area (Å²) in [6, 6.07) is -0.00988. The fraction of sp³-hybridized carbons (Fsp3) is 0.667. The number of likely N-dealkylation sites (tertiary alicyclic amines) is 1. The van der Waals surface area contributed by atoms with Gasteiger partial charge in [-0.3, -0.25) is 9.48 Å². The van der Waals surface area contributed by atoms with E-state index in [0.29, 0.717) is 19.5 Å². The minimum atomic E-state index is -0.00988. The van der Waals surface area contributed by atoms with E-state index in [4.69, 9.17) is 5.73 Å². The Balaban J connectivity index is 2.19. The second-order valence-corrected chi connectivity index (χ2v) is 4.70. The monoisotopic (exact) mass is 236 g/mol. The van der Waals surface area contributed by atoms with Crippen molar-refractivity contribution < 1.29 is 4.79 Å². The number of rotatable bonds is 3. The number of aromatic nitrogens is 2. The van der Waals surface area contributed by atoms with Crippen molar-refractivity contribution in [1.29, 1.82) is 0 Å². The van der Waals surface area contributed by atoms with Crippen LogP contribution < -0.4 is 5.73 Å². The lowest BCUT2D eigenvalue weighted by Crippen LogP contribution is -2.28. The van der Waals surface area contributed by atoms with E-state index in [9.17, 15) is 4.79 Å². The summed E-state index contributed by atoms with van der Waals surface area (Å²) >= 11 is 0. The van der Waals surface area contributed by atoms with Crippen LogP contribution in [0.25, 0.3) is 0 Å². The maximum atomic E-state index is 11.7. The van der Waals surface area contributed by atoms with Crippen molar-refractivity contribution in [2.45, 2.75) is 46.3 Å². The van der Waals surface area contributed by atoms with Crippen LogP contribution in [0, 0.1) is 13.8 Å². The summed E-state index contributed by atoms with van der Waals surface area (Å²) < 4.78 is 1.98. The van der Waals surface area contributed by atoms with Crippen LogP contribution in [-0.4, -0.2) is 33.2 Å². The second-order valence-electron chi connectivity index (χ2n) is 4.70. The molecule has 1 unspecified atom stereocenters. The standard InChI is InChI=1S/C12H20N4O/c1-4-16-9(3)11(8(2)14-16)7-15-6-10(13)5-12(15)17/h10H,4-7,13H2,1-3H3. The van der Waals surface area contributed by atoms with Gasteiger partial charge in [0, 0.05) is 43.4 Å². The molecular weight excluding hydrogens is 216 g/mol. The summed E-state index contributed by atoms with van der Waals surface area (Å²) in [4.78, 5) is 13.5. The zero-order valence-corrected chi connectivity index (χ0v) is 10.7. The number of carbonyl (C=O) groups is 1. The highest BCUT2D eigenvalue weighted by Crippen LogP contribution is 2.19. The van der Waals surface area contributed by atoms with Crippen molar-refractivity contribution in [2.24, 2.45) is 5.73 Å². The van der Waals surface area contributed by atoms with Gasteiger partial charge >= 0.3 is 0 Å². The Kier molecular flexibility index (Phi) is 3.19. The Morgan fingerprint density at radius 3 is 2.65 bits per heavy atom. The van der Waals surface area contributed by atoms with Crippen LogP contribution in [0.2, 0.25) is 0 Å². The average molecular weight is 236 g/mol. The molecule has 0 spiro atoms. The molecular formula is C12H20N4O. The minimum absolute atomic E-state index is 0.00988. The molecule has 0 radical (unpaired) electrons. The molecule has 1 atom stereocenters. The van der Waals surface area contributed by atoms with Gasteiger partial charge in [-0.15, -0.1) is 0 Å². The molecule has 1 aromatic heterocycles. The van der Waals surface area contributed by atoms with Crippen LogP contribution >= 0.6 is 0 Å². The average Bonchev–Trinajstić information content (AvgIpc) is 2.72. The van der Waals surface area contributed by atoms with Gasteiger partial charge in [0.1, 0.15) is 0 Å². The van der Waals surface area contributed by atoms with E-state index < -0.39 is 0 Å². The van der Waals surface area contributed by atoms with Crippen LogP contribution in [0.15, 0.2) is 0 Å². The number of carbonyl (C=O) groups excluding carboxylic acids is 1. The lowest BCUT2D eigenvalue weighted by molar-refractivity contribution is -0.128. The van der Waals surface area contributed by atoms with E-state index in [1.54, 1.807) is 0 Å². The third-order valence-corrected chi connectivity index (χ3v) is 3.42. The number of nitrogens with two attached hydrogens (primary N) is 1. The first kappa shape index (κ1) is 12.1. The van der Waals surface area contributed by atoms with Gasteiger partial charge in [0.25, 0.3) is 0 Å². The van der Waals surface area contributed by atoms with E-state index in [-0.39, 0.29) is 11.9 Å². The molecule has 2 N–H and O–H groups in total. The van der Waals surface area contributed by atoms with Crippen LogP contribution in [0.1, 0.15) is 30.3 Å². The normalized spacial score (nSPS) is 20.4. The lowest BCUT2D eigenvalue weighted by atomic mass is 10.2. The topological polar surface area (TPSA) is 64.2 Å². The maximum Gasteiger partial charge on any atom is 0.224 e. The van der Waals surface area contributed by atoms with Gasteiger partial charge in [-0.05, 0) is 20.8 Å². The molecule has 1 amide bonds. The van der Waals surface area contributed by atoms with E-state index in [1.165, 1.54) is 0 Å². The zero-order chi connectivity index (χ0) is 12.6. The van der Waals surface area contributed by atoms with Gasteiger partial charge < -0.3 is 10.6 Å². The molecule has 17 heavy (non-hydrogen) atoms. The van der Waals surface area contributed by atoms with E-state index >= 15 is 0 Å². The molecule has 94 valence electrons. The Bertz CT molecular complexity index is 438. The van der Waals surface area contributed by atoms with Crippen molar-refractivity contribution >= 4 is 5.91 Å². The molecule has 5 nitrogen and oxygen atoms in total. The quantitative estimate of drug-likeness (QED) is 0.835. The molecule has 1 fully saturated rings. The third-order valence-electron chi connectivity index (χ3n) is 3.42. The second kappa shape index (κ2) is 4.49. The molecule has 0 bridgehead atoms. The summed E-state index contributed by atoms with van der Waals surface area (Å²) in [6.45, 7) is 8.29. The number of hydrogen-bond acceptors (Lipinski definition) is 3. The molecule has 5 heteroatoms. The smallest absolute Gasteiger partial charge is 0.224 e. The van der Waals surface area contributed by atoms with Gasteiger partial charge in [-0.2, -0.15) is 5.10 Å². The first-order chi connectivity index (χ1) is 8.02. The van der Waals surface area contributed by atoms with E-state index in [0.717, 1.165) is 23.5 Å². The van der Waals surface area contributed by atoms with Crippen LogP contribution in [0.3, 0.4) is 0 Å². The van der Waals surface area contributed by atoms with Crippen LogP contribution in [0.5, 0.6) is 0 Å². The van der Waals surface area contributed by atoms with Gasteiger partial charge in [0.05, 0.1) is 5.69 Å². The summed E-state index contributed by atoms with van der Waals surface area (Å²) in [7, 11) is 0. The minimum Gasteiger partial charge on any atom is -0.337 e. The predicted molar refractivity (Wildman–Crippen MR) is 65.4 cm³/mol. The largest absolute Gasteiger partial charge is 0.337 e. The van der Waals surface area contributed by atoms with Crippen molar-refractivity contribution in [3.05, 3.63) is 17.0 Å². The molecule has 2 rings (SSSR count). The maximum absolute atomic E-state index is 11.7. The fourth-order valence-electron chi connectivity index (χ4n) is 2.42. The van der Waals surface area contributed by atoms with Crippen molar-refractivity contribution in [2.75, 3.05) is 6.54 Å². The molecule has 1 aliphatic rings. The highest BCUT2D eigenvalue weighted by atomic mass is 16.2. The fourth-order valence-corrected chi connectivity index (χ4v) is 2.42. The van der Waals surface area contributed by atoms with Crippen LogP contribution in [-0.2, 0) is 17.9 Å². The molecule has 1 aromatic rings. The van der Waals surface area contributed by atoms with E-state index in [1.807, 2.05) is 16.5 Å². The molecule has 0 saturated carbocycles.